The van der Waals surface area contributed by atoms with E-state index in [1.165, 1.54) is 24.8 Å². The number of aliphatic hydroxyl groups excluding tert-OH is 1. The molecule has 0 aromatic heterocycles. The van der Waals surface area contributed by atoms with Gasteiger partial charge >= 0.3 is 0 Å². The summed E-state index contributed by atoms with van der Waals surface area (Å²) in [6.07, 6.45) is 5.73. The average Bonchev–Trinajstić information content (AvgIpc) is 2.60. The molecule has 1 atom stereocenters. The van der Waals surface area contributed by atoms with E-state index in [9.17, 15) is 5.11 Å². The van der Waals surface area contributed by atoms with Crippen molar-refractivity contribution in [2.75, 3.05) is 33.5 Å². The minimum absolute atomic E-state index is 0.0213. The molecule has 0 heterocycles. The monoisotopic (exact) mass is 324 g/mol. The molecule has 0 amide bonds. The lowest BCUT2D eigenvalue weighted by Gasteiger charge is -2.25. The molecule has 4 nitrogen and oxygen atoms in total. The van der Waals surface area contributed by atoms with Gasteiger partial charge in [0.25, 0.3) is 0 Å². The van der Waals surface area contributed by atoms with Crippen LogP contribution in [0.5, 0.6) is 0 Å². The Morgan fingerprint density at radius 1 is 0.913 bits per heavy atom. The Balaban J connectivity index is 1.85. The molecular formula is C19H32O4. The smallest absolute Gasteiger partial charge is 0.111 e. The molecule has 1 aromatic rings. The average molecular weight is 324 g/mol. The van der Waals surface area contributed by atoms with Crippen LogP contribution in [0.2, 0.25) is 0 Å². The number of unbranched alkanes of at least 4 members (excludes halogenated alkanes) is 4. The van der Waals surface area contributed by atoms with Crippen molar-refractivity contribution >= 4 is 0 Å². The molecule has 0 saturated carbocycles. The Hall–Kier alpha value is -0.940. The lowest BCUT2D eigenvalue weighted by molar-refractivity contribution is -0.0913. The molecule has 4 heteroatoms. The van der Waals surface area contributed by atoms with Crippen molar-refractivity contribution in [3.05, 3.63) is 35.9 Å². The largest absolute Gasteiger partial charge is 0.393 e. The van der Waals surface area contributed by atoms with Gasteiger partial charge in [-0.3, -0.25) is 0 Å². The number of rotatable bonds is 14. The Bertz CT molecular complexity index is 376. The van der Waals surface area contributed by atoms with Gasteiger partial charge in [-0.1, -0.05) is 49.6 Å². The lowest BCUT2D eigenvalue weighted by Crippen LogP contribution is -2.37. The Morgan fingerprint density at radius 3 is 2.13 bits per heavy atom. The van der Waals surface area contributed by atoms with Gasteiger partial charge in [0.1, 0.15) is 5.60 Å². The highest BCUT2D eigenvalue weighted by atomic mass is 16.5. The van der Waals surface area contributed by atoms with Gasteiger partial charge in [0.05, 0.1) is 19.8 Å². The summed E-state index contributed by atoms with van der Waals surface area (Å²) in [5, 5.41) is 9.18. The summed E-state index contributed by atoms with van der Waals surface area (Å²) in [5.41, 5.74) is 0.659. The predicted molar refractivity (Wildman–Crippen MR) is 92.5 cm³/mol. The van der Waals surface area contributed by atoms with E-state index in [0.717, 1.165) is 26.1 Å². The first kappa shape index (κ1) is 20.1. The minimum atomic E-state index is -0.573. The number of hydrogen-bond acceptors (Lipinski definition) is 4. The summed E-state index contributed by atoms with van der Waals surface area (Å²) in [7, 11) is 1.60. The van der Waals surface area contributed by atoms with Crippen LogP contribution in [0.25, 0.3) is 0 Å². The van der Waals surface area contributed by atoms with E-state index in [1.54, 1.807) is 7.11 Å². The van der Waals surface area contributed by atoms with Crippen molar-refractivity contribution in [2.24, 2.45) is 0 Å². The zero-order chi connectivity index (χ0) is 16.8. The lowest BCUT2D eigenvalue weighted by atomic mass is 10.1. The highest BCUT2D eigenvalue weighted by molar-refractivity contribution is 5.13. The quantitative estimate of drug-likeness (QED) is 0.532. The van der Waals surface area contributed by atoms with E-state index in [4.69, 9.17) is 14.2 Å². The molecule has 1 unspecified atom stereocenters. The Morgan fingerprint density at radius 2 is 1.52 bits per heavy atom. The molecule has 0 saturated heterocycles. The second-order valence-electron chi connectivity index (χ2n) is 6.17. The zero-order valence-corrected chi connectivity index (χ0v) is 14.6. The Labute approximate surface area is 140 Å². The van der Waals surface area contributed by atoms with Crippen LogP contribution in [0.1, 0.15) is 44.6 Å². The summed E-state index contributed by atoms with van der Waals surface area (Å²) in [6, 6.07) is 10.3. The molecule has 0 spiro atoms. The molecule has 0 fully saturated rings. The van der Waals surface area contributed by atoms with Gasteiger partial charge in [0.15, 0.2) is 0 Å². The highest BCUT2D eigenvalue weighted by Gasteiger charge is 2.22. The molecular weight excluding hydrogens is 292 g/mol. The Kier molecular flexibility index (Phi) is 10.9. The van der Waals surface area contributed by atoms with E-state index >= 15 is 0 Å². The number of benzene rings is 1. The van der Waals surface area contributed by atoms with Crippen molar-refractivity contribution in [3.63, 3.8) is 0 Å². The van der Waals surface area contributed by atoms with Gasteiger partial charge in [-0.05, 0) is 25.3 Å². The number of aliphatic hydroxyl groups is 1. The van der Waals surface area contributed by atoms with Crippen LogP contribution in [0, 0.1) is 0 Å². The summed E-state index contributed by atoms with van der Waals surface area (Å²) < 4.78 is 16.4. The van der Waals surface area contributed by atoms with Crippen LogP contribution < -0.4 is 0 Å². The fraction of sp³-hybridized carbons (Fsp3) is 0.684. The predicted octanol–water partition coefficient (Wildman–Crippen LogP) is 3.57. The maximum atomic E-state index is 9.18. The van der Waals surface area contributed by atoms with Gasteiger partial charge in [0, 0.05) is 20.3 Å². The number of methoxy groups -OCH3 is 1. The molecule has 0 aliphatic rings. The zero-order valence-electron chi connectivity index (χ0n) is 14.6. The summed E-state index contributed by atoms with van der Waals surface area (Å²) in [5.74, 6) is 0. The van der Waals surface area contributed by atoms with Crippen molar-refractivity contribution in [1.29, 1.82) is 0 Å². The van der Waals surface area contributed by atoms with Crippen molar-refractivity contribution in [1.82, 2.24) is 0 Å². The summed E-state index contributed by atoms with van der Waals surface area (Å²) >= 11 is 0. The van der Waals surface area contributed by atoms with Crippen LogP contribution in [-0.4, -0.2) is 44.2 Å². The first-order chi connectivity index (χ1) is 11.2. The molecule has 0 aliphatic carbocycles. The molecule has 23 heavy (non-hydrogen) atoms. The molecule has 0 aliphatic heterocycles. The van der Waals surface area contributed by atoms with E-state index in [-0.39, 0.29) is 6.61 Å². The third-order valence-corrected chi connectivity index (χ3v) is 3.92. The molecule has 0 radical (unpaired) electrons. The van der Waals surface area contributed by atoms with E-state index in [0.29, 0.717) is 13.2 Å². The third-order valence-electron chi connectivity index (χ3n) is 3.92. The number of hydrogen-bond donors (Lipinski definition) is 1. The van der Waals surface area contributed by atoms with Crippen LogP contribution in [0.4, 0.5) is 0 Å². The fourth-order valence-electron chi connectivity index (χ4n) is 2.16. The topological polar surface area (TPSA) is 47.9 Å². The van der Waals surface area contributed by atoms with Crippen molar-refractivity contribution in [2.45, 2.75) is 51.2 Å². The van der Waals surface area contributed by atoms with Gasteiger partial charge in [-0.25, -0.2) is 0 Å². The summed E-state index contributed by atoms with van der Waals surface area (Å²) in [6.45, 7) is 4.53. The maximum Gasteiger partial charge on any atom is 0.111 e. The first-order valence-electron chi connectivity index (χ1n) is 8.55. The molecule has 1 rings (SSSR count). The molecule has 132 valence electrons. The van der Waals surface area contributed by atoms with E-state index < -0.39 is 5.60 Å². The molecule has 1 aromatic carbocycles. The maximum absolute atomic E-state index is 9.18. The third kappa shape index (κ3) is 9.72. The summed E-state index contributed by atoms with van der Waals surface area (Å²) in [4.78, 5) is 0. The second kappa shape index (κ2) is 12.5. The van der Waals surface area contributed by atoms with E-state index in [2.05, 4.69) is 12.1 Å². The SMILES string of the molecule is COC(C)(CO)COCCCCCCCOCc1ccccc1. The number of ether oxygens (including phenoxy) is 3. The second-order valence-corrected chi connectivity index (χ2v) is 6.17. The van der Waals surface area contributed by atoms with Crippen LogP contribution in [-0.2, 0) is 20.8 Å². The fourth-order valence-corrected chi connectivity index (χ4v) is 2.16. The van der Waals surface area contributed by atoms with Crippen LogP contribution in [0.3, 0.4) is 0 Å². The van der Waals surface area contributed by atoms with Crippen LogP contribution >= 0.6 is 0 Å². The van der Waals surface area contributed by atoms with Gasteiger partial charge in [-0.15, -0.1) is 0 Å². The standard InChI is InChI=1S/C19H32O4/c1-19(16-20,21-2)17-23-14-10-5-3-4-9-13-22-15-18-11-7-6-8-12-18/h6-8,11-12,20H,3-5,9-10,13-17H2,1-2H3. The van der Waals surface area contributed by atoms with Crippen molar-refractivity contribution < 1.29 is 19.3 Å². The van der Waals surface area contributed by atoms with Gasteiger partial charge < -0.3 is 19.3 Å². The van der Waals surface area contributed by atoms with Crippen LogP contribution in [0.15, 0.2) is 30.3 Å². The highest BCUT2D eigenvalue weighted by Crippen LogP contribution is 2.10. The van der Waals surface area contributed by atoms with Gasteiger partial charge in [-0.2, -0.15) is 0 Å². The van der Waals surface area contributed by atoms with Crippen molar-refractivity contribution in [3.8, 4) is 0 Å². The normalized spacial score (nSPS) is 13.9. The molecule has 0 bridgehead atoms. The van der Waals surface area contributed by atoms with E-state index in [1.807, 2.05) is 25.1 Å². The minimum Gasteiger partial charge on any atom is -0.393 e. The van der Waals surface area contributed by atoms with Gasteiger partial charge in [0.2, 0.25) is 0 Å². The first-order valence-corrected chi connectivity index (χ1v) is 8.55. The molecule has 1 N–H and O–H groups in total.